The van der Waals surface area contributed by atoms with Crippen LogP contribution in [0.1, 0.15) is 12.8 Å². The predicted molar refractivity (Wildman–Crippen MR) is 68.3 cm³/mol. The minimum atomic E-state index is 0.502. The van der Waals surface area contributed by atoms with E-state index in [2.05, 4.69) is 16.4 Å². The Bertz CT molecular complexity index is 501. The van der Waals surface area contributed by atoms with Crippen molar-refractivity contribution in [3.8, 4) is 5.75 Å². The standard InChI is InChI=1S/C14H16N2O/c1-6-13-12(5-3-9-16-13)14(7-1)17-10-11-4-2-8-15-11/h1,3,5-7,9,11,15H,2,4,8,10H2/t11-/m0/s1. The topological polar surface area (TPSA) is 34.1 Å². The van der Waals surface area contributed by atoms with Crippen LogP contribution in [-0.4, -0.2) is 24.2 Å². The zero-order valence-corrected chi connectivity index (χ0v) is 9.73. The van der Waals surface area contributed by atoms with Gasteiger partial charge >= 0.3 is 0 Å². The molecular formula is C14H16N2O. The molecular weight excluding hydrogens is 212 g/mol. The maximum Gasteiger partial charge on any atom is 0.128 e. The van der Waals surface area contributed by atoms with E-state index in [4.69, 9.17) is 4.74 Å². The molecule has 1 aromatic heterocycles. The maximum atomic E-state index is 5.90. The summed E-state index contributed by atoms with van der Waals surface area (Å²) in [4.78, 5) is 4.33. The van der Waals surface area contributed by atoms with Gasteiger partial charge in [-0.15, -0.1) is 0 Å². The quantitative estimate of drug-likeness (QED) is 0.875. The van der Waals surface area contributed by atoms with Crippen molar-refractivity contribution in [3.05, 3.63) is 36.5 Å². The number of aromatic nitrogens is 1. The fourth-order valence-electron chi connectivity index (χ4n) is 2.29. The van der Waals surface area contributed by atoms with Gasteiger partial charge in [0.25, 0.3) is 0 Å². The number of nitrogens with one attached hydrogen (secondary N) is 1. The van der Waals surface area contributed by atoms with Crippen LogP contribution in [0.5, 0.6) is 5.75 Å². The van der Waals surface area contributed by atoms with E-state index in [9.17, 15) is 0 Å². The number of hydrogen-bond acceptors (Lipinski definition) is 3. The van der Waals surface area contributed by atoms with Crippen LogP contribution in [0.15, 0.2) is 36.5 Å². The number of fused-ring (bicyclic) bond motifs is 1. The lowest BCUT2D eigenvalue weighted by Crippen LogP contribution is -2.28. The molecule has 88 valence electrons. The molecule has 17 heavy (non-hydrogen) atoms. The molecule has 2 heterocycles. The molecule has 2 aromatic rings. The van der Waals surface area contributed by atoms with Crippen molar-refractivity contribution < 1.29 is 4.74 Å². The van der Waals surface area contributed by atoms with Crippen LogP contribution in [-0.2, 0) is 0 Å². The zero-order chi connectivity index (χ0) is 11.5. The first-order valence-corrected chi connectivity index (χ1v) is 6.13. The summed E-state index contributed by atoms with van der Waals surface area (Å²) in [6, 6.07) is 10.5. The Hall–Kier alpha value is -1.61. The van der Waals surface area contributed by atoms with Crippen LogP contribution < -0.4 is 10.1 Å². The van der Waals surface area contributed by atoms with Crippen LogP contribution in [0.4, 0.5) is 0 Å². The minimum Gasteiger partial charge on any atom is -0.491 e. The van der Waals surface area contributed by atoms with E-state index in [1.54, 1.807) is 0 Å². The Balaban J connectivity index is 1.79. The van der Waals surface area contributed by atoms with Gasteiger partial charge in [-0.25, -0.2) is 0 Å². The van der Waals surface area contributed by atoms with E-state index in [0.717, 1.165) is 29.8 Å². The summed E-state index contributed by atoms with van der Waals surface area (Å²) in [5, 5.41) is 4.53. The number of nitrogens with zero attached hydrogens (tertiary/aromatic N) is 1. The first-order valence-electron chi connectivity index (χ1n) is 6.13. The van der Waals surface area contributed by atoms with Crippen molar-refractivity contribution >= 4 is 10.9 Å². The third-order valence-electron chi connectivity index (χ3n) is 3.21. The number of pyridine rings is 1. The van der Waals surface area contributed by atoms with Crippen molar-refractivity contribution in [2.24, 2.45) is 0 Å². The normalized spacial score (nSPS) is 19.6. The molecule has 0 spiro atoms. The lowest BCUT2D eigenvalue weighted by Gasteiger charge is -2.13. The minimum absolute atomic E-state index is 0.502. The van der Waals surface area contributed by atoms with Gasteiger partial charge in [0.05, 0.1) is 5.52 Å². The van der Waals surface area contributed by atoms with E-state index in [1.807, 2.05) is 30.5 Å². The summed E-state index contributed by atoms with van der Waals surface area (Å²) in [5.74, 6) is 0.935. The third-order valence-corrected chi connectivity index (χ3v) is 3.21. The van der Waals surface area contributed by atoms with Crippen molar-refractivity contribution in [2.75, 3.05) is 13.2 Å². The van der Waals surface area contributed by atoms with Gasteiger partial charge in [0.1, 0.15) is 12.4 Å². The van der Waals surface area contributed by atoms with Crippen LogP contribution in [0.25, 0.3) is 10.9 Å². The van der Waals surface area contributed by atoms with Gasteiger partial charge in [-0.3, -0.25) is 4.98 Å². The predicted octanol–water partition coefficient (Wildman–Crippen LogP) is 2.37. The van der Waals surface area contributed by atoms with Crippen LogP contribution in [0.2, 0.25) is 0 Å². The summed E-state index contributed by atoms with van der Waals surface area (Å²) >= 11 is 0. The second-order valence-corrected chi connectivity index (χ2v) is 4.43. The van der Waals surface area contributed by atoms with E-state index in [-0.39, 0.29) is 0 Å². The molecule has 0 radical (unpaired) electrons. The Morgan fingerprint density at radius 3 is 3.18 bits per heavy atom. The Morgan fingerprint density at radius 2 is 2.29 bits per heavy atom. The molecule has 3 heteroatoms. The van der Waals surface area contributed by atoms with Gasteiger partial charge in [-0.05, 0) is 43.7 Å². The summed E-state index contributed by atoms with van der Waals surface area (Å²) in [5.41, 5.74) is 0.990. The smallest absolute Gasteiger partial charge is 0.128 e. The first-order chi connectivity index (χ1) is 8.43. The summed E-state index contributed by atoms with van der Waals surface area (Å²) in [6.45, 7) is 1.86. The third kappa shape index (κ3) is 2.24. The summed E-state index contributed by atoms with van der Waals surface area (Å²) in [7, 11) is 0. The summed E-state index contributed by atoms with van der Waals surface area (Å²) < 4.78 is 5.90. The molecule has 1 aliphatic rings. The Morgan fingerprint density at radius 1 is 1.29 bits per heavy atom. The van der Waals surface area contributed by atoms with E-state index in [0.29, 0.717) is 6.04 Å². The average Bonchev–Trinajstić information content (AvgIpc) is 2.89. The van der Waals surface area contributed by atoms with Gasteiger partial charge in [-0.2, -0.15) is 0 Å². The van der Waals surface area contributed by atoms with E-state index in [1.165, 1.54) is 12.8 Å². The molecule has 1 aliphatic heterocycles. The van der Waals surface area contributed by atoms with Gasteiger partial charge in [0, 0.05) is 17.6 Å². The van der Waals surface area contributed by atoms with Gasteiger partial charge in [0.2, 0.25) is 0 Å². The van der Waals surface area contributed by atoms with Gasteiger partial charge in [0.15, 0.2) is 0 Å². The molecule has 0 unspecified atom stereocenters. The highest BCUT2D eigenvalue weighted by Gasteiger charge is 2.14. The summed E-state index contributed by atoms with van der Waals surface area (Å²) in [6.07, 6.45) is 4.28. The van der Waals surface area contributed by atoms with Crippen molar-refractivity contribution in [3.63, 3.8) is 0 Å². The molecule has 1 fully saturated rings. The number of rotatable bonds is 3. The molecule has 1 aromatic carbocycles. The maximum absolute atomic E-state index is 5.90. The lowest BCUT2D eigenvalue weighted by atomic mass is 10.2. The largest absolute Gasteiger partial charge is 0.491 e. The molecule has 0 amide bonds. The zero-order valence-electron chi connectivity index (χ0n) is 9.73. The second-order valence-electron chi connectivity index (χ2n) is 4.43. The van der Waals surface area contributed by atoms with Crippen molar-refractivity contribution in [2.45, 2.75) is 18.9 Å². The average molecular weight is 228 g/mol. The van der Waals surface area contributed by atoms with Crippen molar-refractivity contribution in [1.29, 1.82) is 0 Å². The van der Waals surface area contributed by atoms with Gasteiger partial charge < -0.3 is 10.1 Å². The molecule has 1 atom stereocenters. The Labute approximate surface area is 101 Å². The Kier molecular flexibility index (Phi) is 2.92. The highest BCUT2D eigenvalue weighted by molar-refractivity contribution is 5.84. The number of hydrogen-bond donors (Lipinski definition) is 1. The first kappa shape index (κ1) is 10.5. The highest BCUT2D eigenvalue weighted by Crippen LogP contribution is 2.24. The highest BCUT2D eigenvalue weighted by atomic mass is 16.5. The molecule has 3 nitrogen and oxygen atoms in total. The van der Waals surface area contributed by atoms with Crippen molar-refractivity contribution in [1.82, 2.24) is 10.3 Å². The SMILES string of the molecule is c1cc(OC[C@@H]2CCCN2)c2cccnc2c1. The lowest BCUT2D eigenvalue weighted by molar-refractivity contribution is 0.280. The number of ether oxygens (including phenoxy) is 1. The molecule has 1 N–H and O–H groups in total. The second kappa shape index (κ2) is 4.72. The molecule has 0 aliphatic carbocycles. The van der Waals surface area contributed by atoms with E-state index >= 15 is 0 Å². The van der Waals surface area contributed by atoms with Crippen LogP contribution in [0, 0.1) is 0 Å². The number of benzene rings is 1. The van der Waals surface area contributed by atoms with Crippen LogP contribution in [0.3, 0.4) is 0 Å². The van der Waals surface area contributed by atoms with Crippen LogP contribution >= 0.6 is 0 Å². The fourth-order valence-corrected chi connectivity index (χ4v) is 2.29. The molecule has 0 saturated carbocycles. The fraction of sp³-hybridized carbons (Fsp3) is 0.357. The van der Waals surface area contributed by atoms with Gasteiger partial charge in [-0.1, -0.05) is 6.07 Å². The van der Waals surface area contributed by atoms with E-state index < -0.39 is 0 Å². The molecule has 3 rings (SSSR count). The monoisotopic (exact) mass is 228 g/mol. The molecule has 0 bridgehead atoms. The molecule has 1 saturated heterocycles.